The maximum Gasteiger partial charge on any atom is 0.246 e. The van der Waals surface area contributed by atoms with Crippen LogP contribution in [-0.2, 0) is 20.4 Å². The molecule has 2 fully saturated rings. The Labute approximate surface area is 199 Å². The van der Waals surface area contributed by atoms with Crippen LogP contribution in [0.3, 0.4) is 0 Å². The molecule has 1 aliphatic carbocycles. The second-order valence-corrected chi connectivity index (χ2v) is 9.46. The molecule has 4 aromatic rings. The van der Waals surface area contributed by atoms with Gasteiger partial charge in [0.05, 0.1) is 17.0 Å². The summed E-state index contributed by atoms with van der Waals surface area (Å²) in [7, 11) is 0. The van der Waals surface area contributed by atoms with Gasteiger partial charge < -0.3 is 0 Å². The summed E-state index contributed by atoms with van der Waals surface area (Å²) in [5.41, 5.74) is 3.98. The number of hydrogen-bond donors (Lipinski definition) is 0. The Morgan fingerprint density at radius 2 is 1.00 bits per heavy atom. The summed E-state index contributed by atoms with van der Waals surface area (Å²) in [5, 5.41) is 0. The first-order valence-corrected chi connectivity index (χ1v) is 11.7. The van der Waals surface area contributed by atoms with Crippen LogP contribution in [-0.4, -0.2) is 11.8 Å². The van der Waals surface area contributed by atoms with Crippen molar-refractivity contribution in [3.63, 3.8) is 0 Å². The number of anilines is 1. The van der Waals surface area contributed by atoms with Crippen molar-refractivity contribution in [2.75, 3.05) is 4.90 Å². The number of benzene rings is 4. The van der Waals surface area contributed by atoms with Crippen LogP contribution < -0.4 is 4.90 Å². The molecular weight excluding hydrogens is 418 g/mol. The molecule has 0 N–H and O–H groups in total. The van der Waals surface area contributed by atoms with Gasteiger partial charge in [-0.15, -0.1) is 0 Å². The predicted octanol–water partition coefficient (Wildman–Crippen LogP) is 5.73. The summed E-state index contributed by atoms with van der Waals surface area (Å²) in [4.78, 5) is 30.1. The van der Waals surface area contributed by atoms with Gasteiger partial charge in [0.25, 0.3) is 0 Å². The highest BCUT2D eigenvalue weighted by Crippen LogP contribution is 2.77. The van der Waals surface area contributed by atoms with Crippen molar-refractivity contribution >= 4 is 17.5 Å². The molecule has 34 heavy (non-hydrogen) atoms. The minimum absolute atomic E-state index is 0.137. The Morgan fingerprint density at radius 3 is 1.50 bits per heavy atom. The summed E-state index contributed by atoms with van der Waals surface area (Å²) in [6, 6.07) is 35.9. The number of carbonyl (C=O) groups excluding carboxylic acids is 2. The molecule has 3 heteroatoms. The molecule has 6 rings (SSSR count). The first-order chi connectivity index (χ1) is 16.5. The number of amides is 2. The Morgan fingerprint density at radius 1 is 0.559 bits per heavy atom. The lowest BCUT2D eigenvalue weighted by molar-refractivity contribution is -0.124. The van der Waals surface area contributed by atoms with Gasteiger partial charge in [-0.2, -0.15) is 0 Å². The zero-order valence-electron chi connectivity index (χ0n) is 19.2. The molecular formula is C31H25NO2. The monoisotopic (exact) mass is 443 g/mol. The van der Waals surface area contributed by atoms with Gasteiger partial charge in [0.1, 0.15) is 5.41 Å². The van der Waals surface area contributed by atoms with Crippen LogP contribution in [0.1, 0.15) is 27.8 Å². The molecule has 1 aliphatic heterocycles. The van der Waals surface area contributed by atoms with Gasteiger partial charge in [-0.1, -0.05) is 108 Å². The lowest BCUT2D eigenvalue weighted by Crippen LogP contribution is -2.44. The van der Waals surface area contributed by atoms with Gasteiger partial charge in [-0.25, -0.2) is 4.90 Å². The van der Waals surface area contributed by atoms with Crippen molar-refractivity contribution in [2.45, 2.75) is 24.7 Å². The van der Waals surface area contributed by atoms with Crippen molar-refractivity contribution in [3.8, 4) is 0 Å². The van der Waals surface area contributed by atoms with Gasteiger partial charge in [0.15, 0.2) is 0 Å². The SMILES string of the molecule is Cc1ccc(N2C(=O)[C@@H]3C(c4ccccc4)(c4ccccc4)[C@]3(c3ccc(C)cc3)C2=O)cc1. The standard InChI is InChI=1S/C31H25NO2/c1-21-13-17-25(18-14-21)31-27(28(33)32(29(31)34)26-19-15-22(2)16-20-26)30(31,23-9-5-3-6-10-23)24-11-7-4-8-12-24/h3-20,27H,1-2H3/t27-,31+/m1/s1. The molecule has 0 bridgehead atoms. The Bertz CT molecular complexity index is 1350. The minimum atomic E-state index is -0.995. The third-order valence-electron chi connectivity index (χ3n) is 7.67. The first-order valence-electron chi connectivity index (χ1n) is 11.7. The fraction of sp³-hybridized carbons (Fsp3) is 0.161. The molecule has 1 saturated carbocycles. The Balaban J connectivity index is 1.64. The number of carbonyl (C=O) groups is 2. The third kappa shape index (κ3) is 2.47. The van der Waals surface area contributed by atoms with Gasteiger partial charge in [0.2, 0.25) is 11.8 Å². The summed E-state index contributed by atoms with van der Waals surface area (Å²) in [5.74, 6) is -0.800. The number of aryl methyl sites for hydroxylation is 2. The predicted molar refractivity (Wildman–Crippen MR) is 134 cm³/mol. The summed E-state index contributed by atoms with van der Waals surface area (Å²) in [6.45, 7) is 4.03. The zero-order chi connectivity index (χ0) is 23.5. The normalized spacial score (nSPS) is 22.5. The second kappa shape index (κ2) is 7.26. The maximum absolute atomic E-state index is 14.5. The lowest BCUT2D eigenvalue weighted by atomic mass is 9.75. The molecule has 2 atom stereocenters. The van der Waals surface area contributed by atoms with Crippen molar-refractivity contribution < 1.29 is 9.59 Å². The van der Waals surface area contributed by atoms with Crippen LogP contribution in [0.2, 0.25) is 0 Å². The van der Waals surface area contributed by atoms with Crippen molar-refractivity contribution in [2.24, 2.45) is 5.92 Å². The maximum atomic E-state index is 14.5. The first kappa shape index (κ1) is 20.6. The Hall–Kier alpha value is -3.98. The van der Waals surface area contributed by atoms with Crippen LogP contribution in [0.4, 0.5) is 5.69 Å². The van der Waals surface area contributed by atoms with E-state index in [4.69, 9.17) is 0 Å². The fourth-order valence-electron chi connectivity index (χ4n) is 6.17. The summed E-state index contributed by atoms with van der Waals surface area (Å²) in [6.07, 6.45) is 0. The molecule has 2 amide bonds. The smallest absolute Gasteiger partial charge is 0.246 e. The van der Waals surface area contributed by atoms with E-state index in [-0.39, 0.29) is 11.8 Å². The average molecular weight is 444 g/mol. The quantitative estimate of drug-likeness (QED) is 0.378. The highest BCUT2D eigenvalue weighted by atomic mass is 16.2. The van der Waals surface area contributed by atoms with Crippen LogP contribution in [0.15, 0.2) is 109 Å². The van der Waals surface area contributed by atoms with E-state index in [1.807, 2.05) is 98.8 Å². The van der Waals surface area contributed by atoms with Crippen molar-refractivity contribution in [1.29, 1.82) is 0 Å². The molecule has 1 heterocycles. The van der Waals surface area contributed by atoms with E-state index >= 15 is 0 Å². The van der Waals surface area contributed by atoms with Gasteiger partial charge in [-0.3, -0.25) is 9.59 Å². The van der Waals surface area contributed by atoms with Gasteiger partial charge in [-0.05, 0) is 42.7 Å². The number of piperidine rings is 1. The van der Waals surface area contributed by atoms with Gasteiger partial charge in [0, 0.05) is 0 Å². The molecule has 0 spiro atoms. The van der Waals surface area contributed by atoms with E-state index in [9.17, 15) is 9.59 Å². The van der Waals surface area contributed by atoms with Crippen LogP contribution >= 0.6 is 0 Å². The van der Waals surface area contributed by atoms with Crippen molar-refractivity contribution in [1.82, 2.24) is 0 Å². The number of hydrogen-bond acceptors (Lipinski definition) is 2. The molecule has 0 radical (unpaired) electrons. The summed E-state index contributed by atoms with van der Waals surface area (Å²) >= 11 is 0. The summed E-state index contributed by atoms with van der Waals surface area (Å²) < 4.78 is 0. The molecule has 0 unspecified atom stereocenters. The van der Waals surface area contributed by atoms with E-state index in [0.717, 1.165) is 27.8 Å². The topological polar surface area (TPSA) is 37.4 Å². The number of rotatable bonds is 4. The molecule has 3 nitrogen and oxygen atoms in total. The minimum Gasteiger partial charge on any atom is -0.274 e. The fourth-order valence-corrected chi connectivity index (χ4v) is 6.17. The molecule has 166 valence electrons. The van der Waals surface area contributed by atoms with Crippen LogP contribution in [0.25, 0.3) is 0 Å². The van der Waals surface area contributed by atoms with E-state index in [2.05, 4.69) is 24.3 Å². The van der Waals surface area contributed by atoms with E-state index < -0.39 is 16.7 Å². The number of nitrogens with zero attached hydrogens (tertiary/aromatic N) is 1. The van der Waals surface area contributed by atoms with Crippen LogP contribution in [0, 0.1) is 19.8 Å². The number of imide groups is 1. The third-order valence-corrected chi connectivity index (χ3v) is 7.67. The highest BCUT2D eigenvalue weighted by Gasteiger charge is 2.89. The number of fused-ring (bicyclic) bond motifs is 1. The highest BCUT2D eigenvalue weighted by molar-refractivity contribution is 6.32. The van der Waals surface area contributed by atoms with Crippen molar-refractivity contribution in [3.05, 3.63) is 137 Å². The van der Waals surface area contributed by atoms with E-state index in [1.54, 1.807) is 0 Å². The molecule has 0 aromatic heterocycles. The van der Waals surface area contributed by atoms with Gasteiger partial charge >= 0.3 is 0 Å². The average Bonchev–Trinajstić information content (AvgIpc) is 3.46. The van der Waals surface area contributed by atoms with Crippen LogP contribution in [0.5, 0.6) is 0 Å². The zero-order valence-corrected chi connectivity index (χ0v) is 19.2. The Kier molecular flexibility index (Phi) is 4.40. The second-order valence-electron chi connectivity index (χ2n) is 9.46. The molecule has 1 saturated heterocycles. The lowest BCUT2D eigenvalue weighted by Gasteiger charge is -2.31. The largest absolute Gasteiger partial charge is 0.274 e. The molecule has 4 aromatic carbocycles. The van der Waals surface area contributed by atoms with E-state index in [1.165, 1.54) is 4.90 Å². The van der Waals surface area contributed by atoms with E-state index in [0.29, 0.717) is 5.69 Å². The molecule has 2 aliphatic rings.